The zero-order valence-corrected chi connectivity index (χ0v) is 28.0. The van der Waals surface area contributed by atoms with Crippen LogP contribution in [0.25, 0.3) is 0 Å². The molecule has 0 aliphatic carbocycles. The number of anilines is 1. The van der Waals surface area contributed by atoms with Gasteiger partial charge in [-0.3, -0.25) is 54.2 Å². The molecular formula is C29H46BN9O12. The minimum atomic E-state index is -1.65. The van der Waals surface area contributed by atoms with Crippen LogP contribution in [0.5, 0.6) is 0 Å². The predicted molar refractivity (Wildman–Crippen MR) is 180 cm³/mol. The second kappa shape index (κ2) is 22.8. The van der Waals surface area contributed by atoms with Crippen LogP contribution >= 0.6 is 0 Å². The second-order valence-corrected chi connectivity index (χ2v) is 11.5. The van der Waals surface area contributed by atoms with Crippen molar-refractivity contribution in [3.63, 3.8) is 0 Å². The lowest BCUT2D eigenvalue weighted by Crippen LogP contribution is -2.48. The maximum absolute atomic E-state index is 12.4. The highest BCUT2D eigenvalue weighted by Gasteiger charge is 2.36. The first kappa shape index (κ1) is 42.3. The number of nitrogens with one attached hydrogen (secondary N) is 6. The number of aliphatic carboxylic acids is 3. The smallest absolute Gasteiger partial charge is 0.475 e. The van der Waals surface area contributed by atoms with Crippen LogP contribution in [0.1, 0.15) is 23.2 Å². The molecule has 0 bridgehead atoms. The molecule has 1 saturated heterocycles. The zero-order valence-electron chi connectivity index (χ0n) is 28.0. The fourth-order valence-electron chi connectivity index (χ4n) is 4.98. The summed E-state index contributed by atoms with van der Waals surface area (Å²) in [6, 6.07) is 5.94. The molecule has 51 heavy (non-hydrogen) atoms. The molecule has 1 aliphatic rings. The first-order valence-electron chi connectivity index (χ1n) is 16.1. The van der Waals surface area contributed by atoms with E-state index in [1.54, 1.807) is 9.80 Å². The Kier molecular flexibility index (Phi) is 18.9. The summed E-state index contributed by atoms with van der Waals surface area (Å²) in [7, 11) is -1.65. The molecule has 0 spiro atoms. The van der Waals surface area contributed by atoms with Crippen molar-refractivity contribution in [2.24, 2.45) is 0 Å². The van der Waals surface area contributed by atoms with Gasteiger partial charge in [0.05, 0.1) is 50.9 Å². The molecule has 282 valence electrons. The van der Waals surface area contributed by atoms with Gasteiger partial charge in [0.15, 0.2) is 0 Å². The lowest BCUT2D eigenvalue weighted by atomic mass is 9.78. The predicted octanol–water partition coefficient (Wildman–Crippen LogP) is -4.98. The molecule has 21 nitrogen and oxygen atoms in total. The highest BCUT2D eigenvalue weighted by molar-refractivity contribution is 6.43. The van der Waals surface area contributed by atoms with Gasteiger partial charge in [-0.25, -0.2) is 0 Å². The van der Waals surface area contributed by atoms with Crippen molar-refractivity contribution in [1.82, 2.24) is 41.4 Å². The van der Waals surface area contributed by atoms with Gasteiger partial charge >= 0.3 is 25.0 Å². The highest BCUT2D eigenvalue weighted by Crippen LogP contribution is 2.18. The molecule has 1 heterocycles. The maximum atomic E-state index is 12.4. The molecule has 1 aromatic rings. The van der Waals surface area contributed by atoms with E-state index < -0.39 is 54.6 Å². The molecular weight excluding hydrogens is 677 g/mol. The van der Waals surface area contributed by atoms with Crippen molar-refractivity contribution in [2.45, 2.75) is 18.8 Å². The summed E-state index contributed by atoms with van der Waals surface area (Å²) in [6.07, 6.45) is 1.10. The molecule has 0 unspecified atom stereocenters. The summed E-state index contributed by atoms with van der Waals surface area (Å²) in [5, 5.41) is 56.4. The molecule has 0 aromatic heterocycles. The second-order valence-electron chi connectivity index (χ2n) is 11.5. The Morgan fingerprint density at radius 2 is 1.31 bits per heavy atom. The van der Waals surface area contributed by atoms with E-state index in [9.17, 15) is 48.7 Å². The Hall–Kier alpha value is -4.87. The van der Waals surface area contributed by atoms with Gasteiger partial charge in [0.1, 0.15) is 0 Å². The van der Waals surface area contributed by atoms with E-state index >= 15 is 0 Å². The normalized spacial score (nSPS) is 13.9. The van der Waals surface area contributed by atoms with Crippen LogP contribution in [0.2, 0.25) is 0 Å². The number of hydrogen-bond donors (Lipinski definition) is 11. The fraction of sp³-hybridized carbons (Fsp3) is 0.552. The van der Waals surface area contributed by atoms with Gasteiger partial charge in [0.2, 0.25) is 11.8 Å². The van der Waals surface area contributed by atoms with E-state index in [4.69, 9.17) is 10.2 Å². The summed E-state index contributed by atoms with van der Waals surface area (Å²) < 4.78 is 0. The Labute approximate surface area is 293 Å². The van der Waals surface area contributed by atoms with E-state index in [-0.39, 0.29) is 84.1 Å². The summed E-state index contributed by atoms with van der Waals surface area (Å²) in [5.41, 5.74) is 5.71. The topological polar surface area (TPSA) is 303 Å². The van der Waals surface area contributed by atoms with Crippen molar-refractivity contribution in [3.05, 3.63) is 29.8 Å². The number of amides is 4. The number of carboxylic acids is 3. The minimum absolute atomic E-state index is 0.168. The number of nitrogens with zero attached hydrogens (tertiary/aromatic N) is 3. The van der Waals surface area contributed by atoms with E-state index in [1.807, 2.05) is 0 Å². The van der Waals surface area contributed by atoms with Crippen molar-refractivity contribution >= 4 is 54.3 Å². The number of likely N-dealkylation sites (tertiary alicyclic amines) is 1. The highest BCUT2D eigenvalue weighted by atomic mass is 16.4. The van der Waals surface area contributed by atoms with E-state index in [1.165, 1.54) is 29.2 Å². The third-order valence-corrected chi connectivity index (χ3v) is 7.52. The van der Waals surface area contributed by atoms with Crippen molar-refractivity contribution in [2.75, 3.05) is 90.5 Å². The summed E-state index contributed by atoms with van der Waals surface area (Å²) in [4.78, 5) is 86.7. The molecule has 11 N–H and O–H groups in total. The van der Waals surface area contributed by atoms with Crippen LogP contribution in [0.3, 0.4) is 0 Å². The lowest BCUT2D eigenvalue weighted by Gasteiger charge is -2.26. The first-order chi connectivity index (χ1) is 24.2. The fourth-order valence-corrected chi connectivity index (χ4v) is 4.98. The van der Waals surface area contributed by atoms with E-state index in [2.05, 4.69) is 32.1 Å². The molecule has 0 radical (unpaired) electrons. The van der Waals surface area contributed by atoms with Gasteiger partial charge in [-0.1, -0.05) is 0 Å². The number of carboxylic acid groups (broad SMARTS) is 3. The van der Waals surface area contributed by atoms with Crippen LogP contribution in [0, 0.1) is 0 Å². The molecule has 4 amide bonds. The van der Waals surface area contributed by atoms with Gasteiger partial charge in [-0.05, 0) is 37.1 Å². The number of benzene rings is 1. The van der Waals surface area contributed by atoms with Crippen molar-refractivity contribution in [3.8, 4) is 0 Å². The minimum Gasteiger partial charge on any atom is -0.480 e. The number of carbonyl (C=O) groups excluding carboxylic acids is 4. The molecule has 1 aromatic carbocycles. The molecule has 1 atom stereocenters. The van der Waals surface area contributed by atoms with Gasteiger partial charge in [0, 0.05) is 51.4 Å². The summed E-state index contributed by atoms with van der Waals surface area (Å²) in [5.74, 6) is -5.96. The number of hydrazine groups is 1. The van der Waals surface area contributed by atoms with Crippen LogP contribution in [0.15, 0.2) is 24.3 Å². The largest absolute Gasteiger partial charge is 0.480 e. The Bertz CT molecular complexity index is 1340. The van der Waals surface area contributed by atoms with Crippen molar-refractivity contribution in [1.29, 1.82) is 0 Å². The quantitative estimate of drug-likeness (QED) is 0.0256. The van der Waals surface area contributed by atoms with Crippen LogP contribution < -0.4 is 32.1 Å². The number of carbonyl (C=O) groups is 7. The molecule has 22 heteroatoms. The van der Waals surface area contributed by atoms with Crippen LogP contribution in [0.4, 0.5) is 5.69 Å². The molecule has 0 saturated carbocycles. The van der Waals surface area contributed by atoms with E-state index in [0.29, 0.717) is 25.1 Å². The lowest BCUT2D eigenvalue weighted by molar-refractivity contribution is -0.140. The Balaban J connectivity index is 1.66. The van der Waals surface area contributed by atoms with Crippen LogP contribution in [-0.2, 0) is 28.8 Å². The Morgan fingerprint density at radius 1 is 0.725 bits per heavy atom. The number of hydrogen-bond acceptors (Lipinski definition) is 14. The molecule has 1 aliphatic heterocycles. The van der Waals surface area contributed by atoms with Crippen molar-refractivity contribution < 1.29 is 58.9 Å². The van der Waals surface area contributed by atoms with E-state index in [0.717, 1.165) is 0 Å². The van der Waals surface area contributed by atoms with Gasteiger partial charge < -0.3 is 51.5 Å². The first-order valence-corrected chi connectivity index (χ1v) is 16.1. The van der Waals surface area contributed by atoms with Gasteiger partial charge in [0.25, 0.3) is 11.8 Å². The van der Waals surface area contributed by atoms with Gasteiger partial charge in [-0.2, -0.15) is 0 Å². The zero-order chi connectivity index (χ0) is 37.8. The summed E-state index contributed by atoms with van der Waals surface area (Å²) >= 11 is 0. The van der Waals surface area contributed by atoms with Crippen LogP contribution in [-0.4, -0.2) is 180 Å². The number of rotatable bonds is 25. The van der Waals surface area contributed by atoms with Gasteiger partial charge in [-0.15, -0.1) is 0 Å². The average Bonchev–Trinajstić information content (AvgIpc) is 3.58. The Morgan fingerprint density at radius 3 is 1.86 bits per heavy atom. The maximum Gasteiger partial charge on any atom is 0.475 e. The third kappa shape index (κ3) is 17.6. The standard InChI is InChI=1S/C29H46BN9O12/c40-23(14-31-7-10-37(18-27(45)46)12-13-38(19-28(47)48)11-8-32-17-26(43)44)33-15-24(41)36-35-21-5-3-20(4-6-21)29(49)34-16-25(42)39-9-1-2-22(39)30(50)51/h3-6,22,31-32,35,50-51H,1-2,7-19H2,(H,33,40)(H,34,49)(H,36,41)(H,43,44)(H,45,46)(H,47,48)/t22-/m0/s1. The third-order valence-electron chi connectivity index (χ3n) is 7.52. The summed E-state index contributed by atoms with van der Waals surface area (Å²) in [6.45, 7) is -0.0811. The molecule has 2 rings (SSSR count). The monoisotopic (exact) mass is 723 g/mol. The SMILES string of the molecule is O=C(O)CNCCN(CCN(CCNCC(=O)NCC(=O)NNc1ccc(C(=O)NCC(=O)N2CCC[C@H]2B(O)O)cc1)CC(=O)O)CC(=O)O. The molecule has 1 fully saturated rings. The average molecular weight is 724 g/mol.